The van der Waals surface area contributed by atoms with Gasteiger partial charge in [-0.15, -0.1) is 0 Å². The molecule has 0 aromatic heterocycles. The lowest BCUT2D eigenvalue weighted by atomic mass is 10.1. The number of nitrogens with zero attached hydrogens (tertiary/aromatic N) is 1. The van der Waals surface area contributed by atoms with Gasteiger partial charge in [0.15, 0.2) is 0 Å². The highest BCUT2D eigenvalue weighted by molar-refractivity contribution is 5.90. The lowest BCUT2D eigenvalue weighted by Gasteiger charge is -2.19. The first-order valence-corrected chi connectivity index (χ1v) is 6.65. The molecule has 0 bridgehead atoms. The summed E-state index contributed by atoms with van der Waals surface area (Å²) in [4.78, 5) is 13.2. The third-order valence-electron chi connectivity index (χ3n) is 2.97. The van der Waals surface area contributed by atoms with Gasteiger partial charge in [0.1, 0.15) is 0 Å². The van der Waals surface area contributed by atoms with Crippen molar-refractivity contribution in [3.63, 3.8) is 0 Å². The molecule has 1 aromatic rings. The Labute approximate surface area is 121 Å². The number of unbranched alkanes of at least 4 members (excludes halogenated alkanes) is 2. The van der Waals surface area contributed by atoms with E-state index in [1.165, 1.54) is 30.1 Å². The molecule has 0 spiro atoms. The molecule has 0 fully saturated rings. The number of rotatable bonds is 6. The van der Waals surface area contributed by atoms with Crippen molar-refractivity contribution in [1.82, 2.24) is 4.90 Å². The number of amides is 2. The Morgan fingerprint density at radius 3 is 2.52 bits per heavy atom. The number of halogens is 3. The van der Waals surface area contributed by atoms with Gasteiger partial charge >= 0.3 is 12.2 Å². The molecule has 0 saturated heterocycles. The second-order valence-corrected chi connectivity index (χ2v) is 4.68. The van der Waals surface area contributed by atoms with Crippen LogP contribution in [0.2, 0.25) is 0 Å². The summed E-state index contributed by atoms with van der Waals surface area (Å²) in [7, 11) is 1.52. The van der Waals surface area contributed by atoms with E-state index in [1.807, 2.05) is 0 Å². The molecule has 2 N–H and O–H groups in total. The second-order valence-electron chi connectivity index (χ2n) is 4.68. The molecular formula is C14H19F3N2O2. The zero-order valence-electron chi connectivity index (χ0n) is 11.8. The Balaban J connectivity index is 2.62. The van der Waals surface area contributed by atoms with Crippen LogP contribution in [-0.2, 0) is 6.18 Å². The summed E-state index contributed by atoms with van der Waals surface area (Å²) in [6, 6.07) is 4.27. The van der Waals surface area contributed by atoms with Gasteiger partial charge in [0.2, 0.25) is 0 Å². The maximum Gasteiger partial charge on any atom is 0.418 e. The highest BCUT2D eigenvalue weighted by atomic mass is 19.4. The number of urea groups is 1. The van der Waals surface area contributed by atoms with Crippen LogP contribution in [-0.4, -0.2) is 36.2 Å². The number of hydrogen-bond donors (Lipinski definition) is 2. The van der Waals surface area contributed by atoms with Crippen molar-refractivity contribution < 1.29 is 23.1 Å². The third kappa shape index (κ3) is 5.63. The molecule has 0 aliphatic heterocycles. The van der Waals surface area contributed by atoms with E-state index in [9.17, 15) is 18.0 Å². The fourth-order valence-electron chi connectivity index (χ4n) is 1.79. The van der Waals surface area contributed by atoms with Crippen LogP contribution in [0.5, 0.6) is 0 Å². The van der Waals surface area contributed by atoms with Gasteiger partial charge in [-0.3, -0.25) is 0 Å². The average molecular weight is 304 g/mol. The fourth-order valence-corrected chi connectivity index (χ4v) is 1.79. The highest BCUT2D eigenvalue weighted by Crippen LogP contribution is 2.34. The minimum atomic E-state index is -4.51. The van der Waals surface area contributed by atoms with Gasteiger partial charge < -0.3 is 15.3 Å². The van der Waals surface area contributed by atoms with Gasteiger partial charge in [-0.1, -0.05) is 12.1 Å². The Hall–Kier alpha value is -1.76. The highest BCUT2D eigenvalue weighted by Gasteiger charge is 2.33. The Kier molecular flexibility index (Phi) is 6.48. The molecule has 4 nitrogen and oxygen atoms in total. The van der Waals surface area contributed by atoms with Crippen LogP contribution < -0.4 is 5.32 Å². The largest absolute Gasteiger partial charge is 0.418 e. The van der Waals surface area contributed by atoms with Crippen molar-refractivity contribution in [2.75, 3.05) is 25.5 Å². The first kappa shape index (κ1) is 17.3. The van der Waals surface area contributed by atoms with Gasteiger partial charge in [0.05, 0.1) is 11.3 Å². The number of anilines is 1. The molecule has 2 amide bonds. The molecule has 1 aromatic carbocycles. The Morgan fingerprint density at radius 2 is 1.90 bits per heavy atom. The van der Waals surface area contributed by atoms with Crippen LogP contribution in [0.3, 0.4) is 0 Å². The summed E-state index contributed by atoms with van der Waals surface area (Å²) < 4.78 is 38.4. The number of carbonyl (C=O) groups is 1. The number of para-hydroxylation sites is 1. The predicted molar refractivity (Wildman–Crippen MR) is 74.0 cm³/mol. The molecule has 1 rings (SSSR count). The quantitative estimate of drug-likeness (QED) is 0.792. The van der Waals surface area contributed by atoms with Crippen LogP contribution >= 0.6 is 0 Å². The molecule has 0 aliphatic carbocycles. The first-order chi connectivity index (χ1) is 9.86. The summed E-state index contributed by atoms with van der Waals surface area (Å²) in [6.45, 7) is 0.509. The summed E-state index contributed by atoms with van der Waals surface area (Å²) in [5, 5.41) is 10.9. The molecule has 0 unspecified atom stereocenters. The van der Waals surface area contributed by atoms with E-state index < -0.39 is 17.8 Å². The van der Waals surface area contributed by atoms with Crippen LogP contribution in [0.1, 0.15) is 24.8 Å². The summed E-state index contributed by atoms with van der Waals surface area (Å²) in [5.74, 6) is 0. The van der Waals surface area contributed by atoms with Crippen molar-refractivity contribution in [1.29, 1.82) is 0 Å². The van der Waals surface area contributed by atoms with Crippen LogP contribution in [0.25, 0.3) is 0 Å². The normalized spacial score (nSPS) is 11.3. The fraction of sp³-hybridized carbons (Fsp3) is 0.500. The minimum absolute atomic E-state index is 0.0921. The lowest BCUT2D eigenvalue weighted by molar-refractivity contribution is -0.136. The van der Waals surface area contributed by atoms with Gasteiger partial charge in [-0.25, -0.2) is 4.79 Å². The van der Waals surface area contributed by atoms with Crippen LogP contribution in [0, 0.1) is 0 Å². The average Bonchev–Trinajstić information content (AvgIpc) is 2.42. The molecule has 0 aliphatic rings. The van der Waals surface area contributed by atoms with Crippen molar-refractivity contribution in [3.05, 3.63) is 29.8 Å². The molecule has 0 radical (unpaired) electrons. The number of carbonyl (C=O) groups excluding carboxylic acids is 1. The van der Waals surface area contributed by atoms with E-state index in [-0.39, 0.29) is 12.3 Å². The van der Waals surface area contributed by atoms with E-state index in [2.05, 4.69) is 5.32 Å². The first-order valence-electron chi connectivity index (χ1n) is 6.65. The monoisotopic (exact) mass is 304 g/mol. The standard InChI is InChI=1S/C14H19F3N2O2/c1-19(9-5-2-6-10-20)13(21)18-12-8-4-3-7-11(12)14(15,16)17/h3-4,7-8,20H,2,5-6,9-10H2,1H3,(H,18,21). The molecule has 0 heterocycles. The van der Waals surface area contributed by atoms with Crippen LogP contribution in [0.15, 0.2) is 24.3 Å². The molecule has 118 valence electrons. The summed E-state index contributed by atoms with van der Waals surface area (Å²) >= 11 is 0. The maximum absolute atomic E-state index is 12.8. The van der Waals surface area contributed by atoms with Gasteiger partial charge in [-0.05, 0) is 31.4 Å². The topological polar surface area (TPSA) is 52.6 Å². The molecule has 21 heavy (non-hydrogen) atoms. The minimum Gasteiger partial charge on any atom is -0.396 e. The predicted octanol–water partition coefficient (Wildman–Crippen LogP) is 3.33. The summed E-state index contributed by atoms with van der Waals surface area (Å²) in [6.07, 6.45) is -2.42. The van der Waals surface area contributed by atoms with Crippen molar-refractivity contribution >= 4 is 11.7 Å². The van der Waals surface area contributed by atoms with Crippen molar-refractivity contribution in [3.8, 4) is 0 Å². The molecule has 0 saturated carbocycles. The molecule has 0 atom stereocenters. The van der Waals surface area contributed by atoms with E-state index >= 15 is 0 Å². The SMILES string of the molecule is CN(CCCCCO)C(=O)Nc1ccccc1C(F)(F)F. The maximum atomic E-state index is 12.8. The lowest BCUT2D eigenvalue weighted by Crippen LogP contribution is -2.32. The smallest absolute Gasteiger partial charge is 0.396 e. The van der Waals surface area contributed by atoms with Crippen molar-refractivity contribution in [2.24, 2.45) is 0 Å². The van der Waals surface area contributed by atoms with Gasteiger partial charge in [0.25, 0.3) is 0 Å². The van der Waals surface area contributed by atoms with Crippen molar-refractivity contribution in [2.45, 2.75) is 25.4 Å². The van der Waals surface area contributed by atoms with E-state index in [0.717, 1.165) is 12.5 Å². The molecular weight excluding hydrogens is 285 g/mol. The number of alkyl halides is 3. The van der Waals surface area contributed by atoms with Gasteiger partial charge in [0, 0.05) is 20.2 Å². The van der Waals surface area contributed by atoms with Crippen LogP contribution in [0.4, 0.5) is 23.7 Å². The Morgan fingerprint density at radius 1 is 1.24 bits per heavy atom. The Bertz CT molecular complexity index is 464. The zero-order valence-corrected chi connectivity index (χ0v) is 11.8. The van der Waals surface area contributed by atoms with E-state index in [1.54, 1.807) is 0 Å². The van der Waals surface area contributed by atoms with E-state index in [0.29, 0.717) is 19.4 Å². The van der Waals surface area contributed by atoms with E-state index in [4.69, 9.17) is 5.11 Å². The second kappa shape index (κ2) is 7.87. The number of aliphatic hydroxyl groups excluding tert-OH is 1. The number of benzene rings is 1. The zero-order chi connectivity index (χ0) is 15.9. The summed E-state index contributed by atoms with van der Waals surface area (Å²) in [5.41, 5.74) is -1.12. The number of aliphatic hydroxyl groups is 1. The molecule has 7 heteroatoms. The number of nitrogens with one attached hydrogen (secondary N) is 1. The third-order valence-corrected chi connectivity index (χ3v) is 2.97. The van der Waals surface area contributed by atoms with Gasteiger partial charge in [-0.2, -0.15) is 13.2 Å². The number of hydrogen-bond acceptors (Lipinski definition) is 2.